The zero-order valence-electron chi connectivity index (χ0n) is 16.3. The molecule has 2 N–H and O–H groups in total. The first-order valence-electron chi connectivity index (χ1n) is 9.04. The molecule has 2 amide bonds. The van der Waals surface area contributed by atoms with Crippen molar-refractivity contribution in [3.63, 3.8) is 0 Å². The van der Waals surface area contributed by atoms with Crippen LogP contribution in [0.15, 0.2) is 24.3 Å². The van der Waals surface area contributed by atoms with Crippen molar-refractivity contribution in [3.05, 3.63) is 29.8 Å². The summed E-state index contributed by atoms with van der Waals surface area (Å²) in [6.07, 6.45) is 0.755. The molecule has 26 heavy (non-hydrogen) atoms. The molecule has 0 aliphatic rings. The summed E-state index contributed by atoms with van der Waals surface area (Å²) >= 11 is 0. The van der Waals surface area contributed by atoms with E-state index in [2.05, 4.69) is 5.32 Å². The van der Waals surface area contributed by atoms with Crippen LogP contribution in [0.25, 0.3) is 0 Å². The van der Waals surface area contributed by atoms with Crippen LogP contribution in [0, 0.1) is 5.41 Å². The Balaban J connectivity index is 2.76. The van der Waals surface area contributed by atoms with Crippen molar-refractivity contribution in [1.29, 1.82) is 0 Å². The van der Waals surface area contributed by atoms with E-state index in [1.54, 1.807) is 37.8 Å². The minimum Gasteiger partial charge on any atom is -0.481 e. The Bertz CT molecular complexity index is 634. The number of carboxylic acids is 1. The number of amides is 2. The van der Waals surface area contributed by atoms with Crippen molar-refractivity contribution in [2.24, 2.45) is 5.41 Å². The molecule has 1 rings (SSSR count). The third-order valence-corrected chi connectivity index (χ3v) is 4.92. The average Bonchev–Trinajstić information content (AvgIpc) is 2.58. The Morgan fingerprint density at radius 1 is 1.12 bits per heavy atom. The highest BCUT2D eigenvalue weighted by molar-refractivity contribution is 5.94. The quantitative estimate of drug-likeness (QED) is 0.702. The Morgan fingerprint density at radius 3 is 2.04 bits per heavy atom. The maximum absolute atomic E-state index is 12.3. The maximum Gasteiger partial charge on any atom is 0.310 e. The number of benzene rings is 1. The molecule has 0 bridgehead atoms. The van der Waals surface area contributed by atoms with E-state index in [9.17, 15) is 19.5 Å². The van der Waals surface area contributed by atoms with Crippen LogP contribution in [-0.2, 0) is 20.9 Å². The zero-order valence-corrected chi connectivity index (χ0v) is 16.3. The molecule has 6 nitrogen and oxygen atoms in total. The Morgan fingerprint density at radius 2 is 1.65 bits per heavy atom. The fraction of sp³-hybridized carbons (Fsp3) is 0.550. The lowest BCUT2D eigenvalue weighted by atomic mass is 9.79. The van der Waals surface area contributed by atoms with Gasteiger partial charge in [-0.15, -0.1) is 0 Å². The molecule has 6 heteroatoms. The number of nitrogens with one attached hydrogen (secondary N) is 1. The molecule has 1 aromatic rings. The zero-order chi connectivity index (χ0) is 19.9. The second-order valence-electron chi connectivity index (χ2n) is 6.96. The molecule has 0 heterocycles. The van der Waals surface area contributed by atoms with E-state index in [1.807, 2.05) is 26.0 Å². The Labute approximate surface area is 155 Å². The number of hydrogen-bond acceptors (Lipinski definition) is 3. The molecular formula is C20H30N2O4. The first-order chi connectivity index (χ1) is 12.1. The van der Waals surface area contributed by atoms with Gasteiger partial charge in [0.25, 0.3) is 0 Å². The summed E-state index contributed by atoms with van der Waals surface area (Å²) in [6.45, 7) is 9.56. The third-order valence-electron chi connectivity index (χ3n) is 4.92. The Kier molecular flexibility index (Phi) is 7.80. The standard InChI is InChI=1S/C20H30N2O4/c1-6-20(7-2,19(25)26)12-18(24)21-17-10-8-16(9-11-17)13-22(14(3)4)15(5)23/h8-11,14H,6-7,12-13H2,1-5H3,(H,21,24)(H,25,26). The van der Waals surface area contributed by atoms with E-state index < -0.39 is 11.4 Å². The largest absolute Gasteiger partial charge is 0.481 e. The molecule has 0 fully saturated rings. The van der Waals surface area contributed by atoms with Gasteiger partial charge in [0.1, 0.15) is 0 Å². The fourth-order valence-corrected chi connectivity index (χ4v) is 2.94. The molecule has 0 spiro atoms. The number of nitrogens with zero attached hydrogens (tertiary/aromatic N) is 1. The highest BCUT2D eigenvalue weighted by Crippen LogP contribution is 2.31. The lowest BCUT2D eigenvalue weighted by Gasteiger charge is -2.26. The van der Waals surface area contributed by atoms with Crippen molar-refractivity contribution in [2.75, 3.05) is 5.32 Å². The third kappa shape index (κ3) is 5.58. The highest BCUT2D eigenvalue weighted by atomic mass is 16.4. The summed E-state index contributed by atoms with van der Waals surface area (Å²) in [5, 5.41) is 12.2. The van der Waals surface area contributed by atoms with Crippen LogP contribution >= 0.6 is 0 Å². The summed E-state index contributed by atoms with van der Waals surface area (Å²) < 4.78 is 0. The number of hydrogen-bond donors (Lipinski definition) is 2. The van der Waals surface area contributed by atoms with Gasteiger partial charge in [-0.3, -0.25) is 14.4 Å². The van der Waals surface area contributed by atoms with Crippen LogP contribution in [0.5, 0.6) is 0 Å². The van der Waals surface area contributed by atoms with E-state index in [0.717, 1.165) is 5.56 Å². The summed E-state index contributed by atoms with van der Waals surface area (Å²) in [7, 11) is 0. The van der Waals surface area contributed by atoms with Crippen LogP contribution < -0.4 is 5.32 Å². The SMILES string of the molecule is CCC(CC)(CC(=O)Nc1ccc(CN(C(C)=O)C(C)C)cc1)C(=O)O. The second kappa shape index (κ2) is 9.36. The molecule has 0 atom stereocenters. The number of carbonyl (C=O) groups excluding carboxylic acids is 2. The van der Waals surface area contributed by atoms with E-state index >= 15 is 0 Å². The van der Waals surface area contributed by atoms with Gasteiger partial charge in [0.15, 0.2) is 0 Å². The van der Waals surface area contributed by atoms with Crippen molar-refractivity contribution in [3.8, 4) is 0 Å². The van der Waals surface area contributed by atoms with Gasteiger partial charge in [-0.2, -0.15) is 0 Å². The Hall–Kier alpha value is -2.37. The summed E-state index contributed by atoms with van der Waals surface area (Å²) in [5.41, 5.74) is 0.557. The predicted octanol–water partition coefficient (Wildman–Crippen LogP) is 3.66. The van der Waals surface area contributed by atoms with Crippen LogP contribution in [0.4, 0.5) is 5.69 Å². The molecule has 0 saturated carbocycles. The molecule has 1 aromatic carbocycles. The minimum absolute atomic E-state index is 0.0153. The predicted molar refractivity (Wildman–Crippen MR) is 102 cm³/mol. The van der Waals surface area contributed by atoms with Gasteiger partial charge < -0.3 is 15.3 Å². The van der Waals surface area contributed by atoms with Gasteiger partial charge in [0, 0.05) is 31.6 Å². The van der Waals surface area contributed by atoms with Crippen LogP contribution in [0.2, 0.25) is 0 Å². The number of aliphatic carboxylic acids is 1. The molecule has 0 saturated heterocycles. The van der Waals surface area contributed by atoms with Gasteiger partial charge in [0.2, 0.25) is 11.8 Å². The van der Waals surface area contributed by atoms with Gasteiger partial charge in [0.05, 0.1) is 5.41 Å². The molecule has 0 aromatic heterocycles. The summed E-state index contributed by atoms with van der Waals surface area (Å²) in [6, 6.07) is 7.37. The molecule has 0 radical (unpaired) electrons. The number of carboxylic acid groups (broad SMARTS) is 1. The fourth-order valence-electron chi connectivity index (χ4n) is 2.94. The smallest absolute Gasteiger partial charge is 0.310 e. The van der Waals surface area contributed by atoms with Crippen LogP contribution in [0.3, 0.4) is 0 Å². The molecule has 0 aliphatic heterocycles. The maximum atomic E-state index is 12.3. The van der Waals surface area contributed by atoms with Gasteiger partial charge in [-0.05, 0) is 44.4 Å². The summed E-state index contributed by atoms with van der Waals surface area (Å²) in [4.78, 5) is 37.2. The lowest BCUT2D eigenvalue weighted by molar-refractivity contribution is -0.151. The van der Waals surface area contributed by atoms with Crippen molar-refractivity contribution < 1.29 is 19.5 Å². The molecule has 0 unspecified atom stereocenters. The van der Waals surface area contributed by atoms with Gasteiger partial charge >= 0.3 is 5.97 Å². The van der Waals surface area contributed by atoms with Crippen LogP contribution in [-0.4, -0.2) is 33.8 Å². The normalized spacial score (nSPS) is 11.3. The van der Waals surface area contributed by atoms with Gasteiger partial charge in [-0.1, -0.05) is 26.0 Å². The van der Waals surface area contributed by atoms with Gasteiger partial charge in [-0.25, -0.2) is 0 Å². The number of rotatable bonds is 9. The minimum atomic E-state index is -1.02. The van der Waals surface area contributed by atoms with E-state index in [-0.39, 0.29) is 24.3 Å². The molecular weight excluding hydrogens is 332 g/mol. The number of anilines is 1. The van der Waals surface area contributed by atoms with Crippen molar-refractivity contribution in [1.82, 2.24) is 4.90 Å². The first kappa shape index (κ1) is 21.7. The van der Waals surface area contributed by atoms with E-state index in [0.29, 0.717) is 25.1 Å². The highest BCUT2D eigenvalue weighted by Gasteiger charge is 2.37. The first-order valence-corrected chi connectivity index (χ1v) is 9.04. The topological polar surface area (TPSA) is 86.7 Å². The van der Waals surface area contributed by atoms with Crippen molar-refractivity contribution in [2.45, 2.75) is 66.5 Å². The second-order valence-corrected chi connectivity index (χ2v) is 6.96. The molecule has 144 valence electrons. The molecule has 0 aliphatic carbocycles. The monoisotopic (exact) mass is 362 g/mol. The number of carbonyl (C=O) groups is 3. The van der Waals surface area contributed by atoms with Crippen LogP contribution in [0.1, 0.15) is 59.4 Å². The summed E-state index contributed by atoms with van der Waals surface area (Å²) in [5.74, 6) is -1.23. The van der Waals surface area contributed by atoms with E-state index in [1.165, 1.54) is 0 Å². The van der Waals surface area contributed by atoms with Crippen molar-refractivity contribution >= 4 is 23.5 Å². The average molecular weight is 362 g/mol. The lowest BCUT2D eigenvalue weighted by Crippen LogP contribution is -2.34. The van der Waals surface area contributed by atoms with E-state index in [4.69, 9.17) is 0 Å².